The number of rotatable bonds is 6. The van der Waals surface area contributed by atoms with Crippen molar-refractivity contribution in [2.75, 3.05) is 24.9 Å². The lowest BCUT2D eigenvalue weighted by molar-refractivity contribution is -0.114. The van der Waals surface area contributed by atoms with Gasteiger partial charge in [0.05, 0.1) is 23.4 Å². The number of methoxy groups -OCH3 is 1. The van der Waals surface area contributed by atoms with Crippen molar-refractivity contribution in [2.45, 2.75) is 13.3 Å². The van der Waals surface area contributed by atoms with Gasteiger partial charge in [-0.3, -0.25) is 9.59 Å². The average Bonchev–Trinajstić information content (AvgIpc) is 2.40. The number of nitrogens with one attached hydrogen (secondary N) is 2. The van der Waals surface area contributed by atoms with Gasteiger partial charge in [-0.05, 0) is 12.5 Å². The molecule has 0 aliphatic heterocycles. The first-order chi connectivity index (χ1) is 9.49. The van der Waals surface area contributed by atoms with E-state index in [1.807, 2.05) is 0 Å². The fourth-order valence-electron chi connectivity index (χ4n) is 1.55. The minimum atomic E-state index is -0.303. The van der Waals surface area contributed by atoms with Crippen molar-refractivity contribution in [3.8, 4) is 5.75 Å². The van der Waals surface area contributed by atoms with E-state index in [1.165, 1.54) is 26.2 Å². The molecule has 2 N–H and O–H groups in total. The number of ether oxygens (including phenoxy) is 1. The summed E-state index contributed by atoms with van der Waals surface area (Å²) in [6.45, 7) is 1.84. The molecule has 0 heterocycles. The van der Waals surface area contributed by atoms with Gasteiger partial charge < -0.3 is 15.4 Å². The van der Waals surface area contributed by atoms with Gasteiger partial charge in [-0.2, -0.15) is 0 Å². The maximum atomic E-state index is 12.0. The number of amides is 2. The molecule has 1 aromatic rings. The molecule has 0 radical (unpaired) electrons. The second-order valence-electron chi connectivity index (χ2n) is 4.01. The number of hydrogen-bond acceptors (Lipinski definition) is 3. The molecule has 0 aromatic heterocycles. The van der Waals surface area contributed by atoms with Crippen LogP contribution >= 0.6 is 23.2 Å². The molecular weight excluding hydrogens is 303 g/mol. The van der Waals surface area contributed by atoms with E-state index < -0.39 is 0 Å². The predicted octanol–water partition coefficient (Wildman–Crippen LogP) is 2.67. The molecule has 0 fully saturated rings. The number of carbonyl (C=O) groups is 2. The third-order valence-corrected chi connectivity index (χ3v) is 3.02. The maximum Gasteiger partial charge on any atom is 0.255 e. The molecule has 1 rings (SSSR count). The quantitative estimate of drug-likeness (QED) is 0.626. The van der Waals surface area contributed by atoms with Crippen LogP contribution in [-0.2, 0) is 4.79 Å². The fourth-order valence-corrected chi connectivity index (χ4v) is 1.89. The van der Waals surface area contributed by atoms with Crippen LogP contribution in [-0.4, -0.2) is 31.3 Å². The lowest BCUT2D eigenvalue weighted by atomic mass is 10.1. The molecule has 2 amide bonds. The Balaban J connectivity index is 2.99. The molecular formula is C13H16Cl2N2O3. The van der Waals surface area contributed by atoms with E-state index in [0.717, 1.165) is 0 Å². The summed E-state index contributed by atoms with van der Waals surface area (Å²) >= 11 is 11.6. The number of halogens is 2. The van der Waals surface area contributed by atoms with Crippen LogP contribution < -0.4 is 15.4 Å². The van der Waals surface area contributed by atoms with Gasteiger partial charge in [0.15, 0.2) is 0 Å². The van der Waals surface area contributed by atoms with Gasteiger partial charge >= 0.3 is 0 Å². The molecule has 0 aliphatic carbocycles. The molecule has 0 bridgehead atoms. The normalized spacial score (nSPS) is 10.0. The van der Waals surface area contributed by atoms with Crippen LogP contribution in [0.15, 0.2) is 12.1 Å². The highest BCUT2D eigenvalue weighted by Gasteiger charge is 2.16. The van der Waals surface area contributed by atoms with Crippen molar-refractivity contribution >= 4 is 40.7 Å². The summed E-state index contributed by atoms with van der Waals surface area (Å²) in [5.74, 6) is 0.248. The van der Waals surface area contributed by atoms with E-state index in [0.29, 0.717) is 35.8 Å². The molecule has 0 aliphatic rings. The average molecular weight is 319 g/mol. The monoisotopic (exact) mass is 318 g/mol. The van der Waals surface area contributed by atoms with E-state index in [2.05, 4.69) is 10.6 Å². The Labute approximate surface area is 127 Å². The number of anilines is 1. The summed E-state index contributed by atoms with van der Waals surface area (Å²) in [7, 11) is 1.44. The zero-order valence-corrected chi connectivity index (χ0v) is 12.8. The topological polar surface area (TPSA) is 67.4 Å². The van der Waals surface area contributed by atoms with Crippen molar-refractivity contribution in [2.24, 2.45) is 0 Å². The highest BCUT2D eigenvalue weighted by atomic mass is 35.5. The van der Waals surface area contributed by atoms with Crippen molar-refractivity contribution in [3.63, 3.8) is 0 Å². The van der Waals surface area contributed by atoms with E-state index in [-0.39, 0.29) is 16.8 Å². The molecule has 1 aromatic carbocycles. The Bertz CT molecular complexity index is 507. The smallest absolute Gasteiger partial charge is 0.255 e. The van der Waals surface area contributed by atoms with Gasteiger partial charge in [-0.1, -0.05) is 11.6 Å². The standard InChI is InChI=1S/C13H16Cl2N2O3/c1-8(18)17-11-7-12(20-2)9(6-10(11)15)13(19)16-5-3-4-14/h6-7H,3-5H2,1-2H3,(H,16,19)(H,17,18). The Hall–Kier alpha value is -1.46. The molecule has 110 valence electrons. The molecule has 7 heteroatoms. The van der Waals surface area contributed by atoms with Crippen molar-refractivity contribution in [1.82, 2.24) is 5.32 Å². The van der Waals surface area contributed by atoms with E-state index >= 15 is 0 Å². The summed E-state index contributed by atoms with van der Waals surface area (Å²) in [5, 5.41) is 5.55. The second-order valence-corrected chi connectivity index (χ2v) is 4.80. The predicted molar refractivity (Wildman–Crippen MR) is 80.0 cm³/mol. The van der Waals surface area contributed by atoms with Crippen molar-refractivity contribution in [3.05, 3.63) is 22.7 Å². The molecule has 0 unspecified atom stereocenters. The summed E-state index contributed by atoms with van der Waals surface area (Å²) in [5.41, 5.74) is 0.703. The SMILES string of the molecule is COc1cc(NC(C)=O)c(Cl)cc1C(=O)NCCCCl. The molecule has 20 heavy (non-hydrogen) atoms. The minimum absolute atomic E-state index is 0.256. The minimum Gasteiger partial charge on any atom is -0.496 e. The van der Waals surface area contributed by atoms with Crippen molar-refractivity contribution in [1.29, 1.82) is 0 Å². The van der Waals surface area contributed by atoms with Crippen LogP contribution in [0.25, 0.3) is 0 Å². The highest BCUT2D eigenvalue weighted by Crippen LogP contribution is 2.30. The largest absolute Gasteiger partial charge is 0.496 e. The first kappa shape index (κ1) is 16.6. The van der Waals surface area contributed by atoms with E-state index in [1.54, 1.807) is 0 Å². The Morgan fingerprint density at radius 3 is 2.60 bits per heavy atom. The van der Waals surface area contributed by atoms with Gasteiger partial charge in [0.1, 0.15) is 5.75 Å². The number of alkyl halides is 1. The zero-order valence-electron chi connectivity index (χ0n) is 11.3. The highest BCUT2D eigenvalue weighted by molar-refractivity contribution is 6.34. The van der Waals surface area contributed by atoms with E-state index in [4.69, 9.17) is 27.9 Å². The molecule has 5 nitrogen and oxygen atoms in total. The Morgan fingerprint density at radius 1 is 1.35 bits per heavy atom. The zero-order chi connectivity index (χ0) is 15.1. The third-order valence-electron chi connectivity index (χ3n) is 2.44. The number of carbonyl (C=O) groups excluding carboxylic acids is 2. The molecule has 0 saturated heterocycles. The van der Waals surface area contributed by atoms with Gasteiger partial charge in [0, 0.05) is 25.4 Å². The van der Waals surface area contributed by atoms with Gasteiger partial charge in [0.2, 0.25) is 5.91 Å². The molecule has 0 atom stereocenters. The van der Waals surface area contributed by atoms with Gasteiger partial charge in [-0.25, -0.2) is 0 Å². The summed E-state index contributed by atoms with van der Waals surface area (Å²) in [4.78, 5) is 23.1. The van der Waals surface area contributed by atoms with Gasteiger partial charge in [0.25, 0.3) is 5.91 Å². The third kappa shape index (κ3) is 4.58. The van der Waals surface area contributed by atoms with Crippen LogP contribution in [0, 0.1) is 0 Å². The van der Waals surface area contributed by atoms with Crippen LogP contribution in [0.5, 0.6) is 5.75 Å². The van der Waals surface area contributed by atoms with Crippen LogP contribution in [0.4, 0.5) is 5.69 Å². The molecule has 0 spiro atoms. The van der Waals surface area contributed by atoms with Crippen LogP contribution in [0.2, 0.25) is 5.02 Å². The van der Waals surface area contributed by atoms with Gasteiger partial charge in [-0.15, -0.1) is 11.6 Å². The lowest BCUT2D eigenvalue weighted by Gasteiger charge is -2.13. The summed E-state index contributed by atoms with van der Waals surface area (Å²) in [6, 6.07) is 2.97. The second kappa shape index (κ2) is 7.97. The first-order valence-electron chi connectivity index (χ1n) is 5.99. The van der Waals surface area contributed by atoms with Crippen molar-refractivity contribution < 1.29 is 14.3 Å². The summed E-state index contributed by atoms with van der Waals surface area (Å²) < 4.78 is 5.15. The van der Waals surface area contributed by atoms with E-state index in [9.17, 15) is 9.59 Å². The Kier molecular flexibility index (Phi) is 6.61. The van der Waals surface area contributed by atoms with Crippen LogP contribution in [0.1, 0.15) is 23.7 Å². The molecule has 0 saturated carbocycles. The number of benzene rings is 1. The van der Waals surface area contributed by atoms with Crippen LogP contribution in [0.3, 0.4) is 0 Å². The Morgan fingerprint density at radius 2 is 2.05 bits per heavy atom. The lowest BCUT2D eigenvalue weighted by Crippen LogP contribution is -2.25. The fraction of sp³-hybridized carbons (Fsp3) is 0.385. The number of hydrogen-bond donors (Lipinski definition) is 2. The maximum absolute atomic E-state index is 12.0. The summed E-state index contributed by atoms with van der Waals surface area (Å²) in [6.07, 6.45) is 0.674. The first-order valence-corrected chi connectivity index (χ1v) is 6.90.